The molecule has 5 heteroatoms. The van der Waals surface area contributed by atoms with E-state index in [1.807, 2.05) is 0 Å². The Balaban J connectivity index is 0.00000400. The van der Waals surface area contributed by atoms with Gasteiger partial charge in [-0.15, -0.1) is 24.0 Å². The molecule has 0 saturated carbocycles. The van der Waals surface area contributed by atoms with Gasteiger partial charge >= 0.3 is 0 Å². The summed E-state index contributed by atoms with van der Waals surface area (Å²) in [6.07, 6.45) is 1.09. The molecular weight excluding hydrogens is 375 g/mol. The van der Waals surface area contributed by atoms with Gasteiger partial charge in [0, 0.05) is 32.7 Å². The van der Waals surface area contributed by atoms with Gasteiger partial charge in [0.2, 0.25) is 0 Å². The fraction of sp³-hybridized carbons (Fsp3) is 0.562. The van der Waals surface area contributed by atoms with Crippen LogP contribution in [0.25, 0.3) is 0 Å². The maximum Gasteiger partial charge on any atom is 0.190 e. The van der Waals surface area contributed by atoms with Crippen LogP contribution in [0.4, 0.5) is 0 Å². The predicted octanol–water partition coefficient (Wildman–Crippen LogP) is 2.70. The van der Waals surface area contributed by atoms with E-state index in [1.54, 1.807) is 7.05 Å². The lowest BCUT2D eigenvalue weighted by atomic mass is 10.1. The zero-order valence-electron chi connectivity index (χ0n) is 13.6. The Morgan fingerprint density at radius 2 is 1.90 bits per heavy atom. The van der Waals surface area contributed by atoms with Crippen molar-refractivity contribution < 1.29 is 0 Å². The molecular formula is C16H29IN4. The van der Waals surface area contributed by atoms with Gasteiger partial charge in [-0.2, -0.15) is 0 Å². The van der Waals surface area contributed by atoms with Gasteiger partial charge < -0.3 is 10.6 Å². The average Bonchev–Trinajstić information content (AvgIpc) is 2.47. The van der Waals surface area contributed by atoms with E-state index in [4.69, 9.17) is 0 Å². The third-order valence-electron chi connectivity index (χ3n) is 3.45. The van der Waals surface area contributed by atoms with Crippen LogP contribution in [0.1, 0.15) is 25.8 Å². The number of guanidine groups is 1. The van der Waals surface area contributed by atoms with E-state index in [0.29, 0.717) is 6.04 Å². The SMILES string of the molecule is CCNC(=NC)NCCC(C)N(C)Cc1ccccc1.I. The summed E-state index contributed by atoms with van der Waals surface area (Å²) < 4.78 is 0. The minimum atomic E-state index is 0. The van der Waals surface area contributed by atoms with Crippen LogP contribution in [0.15, 0.2) is 35.3 Å². The zero-order chi connectivity index (χ0) is 14.8. The first-order chi connectivity index (χ1) is 9.67. The molecule has 0 aliphatic rings. The fourth-order valence-electron chi connectivity index (χ4n) is 2.04. The molecule has 1 aromatic rings. The van der Waals surface area contributed by atoms with Gasteiger partial charge in [-0.05, 0) is 32.9 Å². The minimum absolute atomic E-state index is 0. The Kier molecular flexibility index (Phi) is 11.3. The van der Waals surface area contributed by atoms with E-state index in [9.17, 15) is 0 Å². The number of aliphatic imine (C=N–C) groups is 1. The number of hydrogen-bond donors (Lipinski definition) is 2. The molecule has 1 aromatic carbocycles. The third-order valence-corrected chi connectivity index (χ3v) is 3.45. The molecule has 21 heavy (non-hydrogen) atoms. The standard InChI is InChI=1S/C16H28N4.HI/c1-5-18-16(17-3)19-12-11-14(2)20(4)13-15-9-7-6-8-10-15;/h6-10,14H,5,11-13H2,1-4H3,(H2,17,18,19);1H. The molecule has 0 aromatic heterocycles. The highest BCUT2D eigenvalue weighted by atomic mass is 127. The number of benzene rings is 1. The van der Waals surface area contributed by atoms with E-state index in [-0.39, 0.29) is 24.0 Å². The third kappa shape index (κ3) is 8.26. The van der Waals surface area contributed by atoms with Crippen molar-refractivity contribution in [3.05, 3.63) is 35.9 Å². The van der Waals surface area contributed by atoms with Gasteiger partial charge in [-0.3, -0.25) is 9.89 Å². The smallest absolute Gasteiger partial charge is 0.190 e. The van der Waals surface area contributed by atoms with Crippen molar-refractivity contribution in [1.29, 1.82) is 0 Å². The summed E-state index contributed by atoms with van der Waals surface area (Å²) in [7, 11) is 3.98. The van der Waals surface area contributed by atoms with Gasteiger partial charge in [0.05, 0.1) is 0 Å². The maximum atomic E-state index is 4.17. The molecule has 0 spiro atoms. The van der Waals surface area contributed by atoms with Crippen LogP contribution in [0.3, 0.4) is 0 Å². The molecule has 1 rings (SSSR count). The number of nitrogens with one attached hydrogen (secondary N) is 2. The lowest BCUT2D eigenvalue weighted by Gasteiger charge is -2.25. The highest BCUT2D eigenvalue weighted by molar-refractivity contribution is 14.0. The van der Waals surface area contributed by atoms with Crippen LogP contribution in [0.2, 0.25) is 0 Å². The van der Waals surface area contributed by atoms with E-state index in [1.165, 1.54) is 5.56 Å². The Bertz CT molecular complexity index is 395. The zero-order valence-corrected chi connectivity index (χ0v) is 15.9. The Hall–Kier alpha value is -0.820. The van der Waals surface area contributed by atoms with E-state index >= 15 is 0 Å². The van der Waals surface area contributed by atoms with Crippen molar-refractivity contribution in [3.8, 4) is 0 Å². The van der Waals surface area contributed by atoms with Crippen molar-refractivity contribution in [2.75, 3.05) is 27.2 Å². The summed E-state index contributed by atoms with van der Waals surface area (Å²) in [5.74, 6) is 0.880. The Morgan fingerprint density at radius 1 is 1.24 bits per heavy atom. The summed E-state index contributed by atoms with van der Waals surface area (Å²) in [6.45, 7) is 7.15. The second-order valence-electron chi connectivity index (χ2n) is 5.07. The van der Waals surface area contributed by atoms with Crippen LogP contribution < -0.4 is 10.6 Å². The summed E-state index contributed by atoms with van der Waals surface area (Å²) in [4.78, 5) is 6.55. The number of hydrogen-bond acceptors (Lipinski definition) is 2. The van der Waals surface area contributed by atoms with E-state index in [2.05, 4.69) is 71.8 Å². The monoisotopic (exact) mass is 404 g/mol. The summed E-state index contributed by atoms with van der Waals surface area (Å²) in [5.41, 5.74) is 1.36. The number of nitrogens with zero attached hydrogens (tertiary/aromatic N) is 2. The molecule has 0 aliphatic heterocycles. The second-order valence-corrected chi connectivity index (χ2v) is 5.07. The quantitative estimate of drug-likeness (QED) is 0.417. The highest BCUT2D eigenvalue weighted by Gasteiger charge is 2.09. The molecule has 1 unspecified atom stereocenters. The molecule has 0 bridgehead atoms. The normalized spacial score (nSPS) is 12.7. The molecule has 0 amide bonds. The van der Waals surface area contributed by atoms with Crippen LogP contribution >= 0.6 is 24.0 Å². The Labute approximate surface area is 146 Å². The van der Waals surface area contributed by atoms with Crippen molar-refractivity contribution in [1.82, 2.24) is 15.5 Å². The van der Waals surface area contributed by atoms with Crippen LogP contribution in [-0.4, -0.2) is 44.1 Å². The minimum Gasteiger partial charge on any atom is -0.357 e. The van der Waals surface area contributed by atoms with Gasteiger partial charge in [0.1, 0.15) is 0 Å². The summed E-state index contributed by atoms with van der Waals surface area (Å²) in [5, 5.41) is 6.53. The van der Waals surface area contributed by atoms with Crippen molar-refractivity contribution in [2.45, 2.75) is 32.9 Å². The first kappa shape index (κ1) is 20.2. The van der Waals surface area contributed by atoms with E-state index < -0.39 is 0 Å². The predicted molar refractivity (Wildman–Crippen MR) is 102 cm³/mol. The maximum absolute atomic E-state index is 4.17. The van der Waals surface area contributed by atoms with Crippen LogP contribution in [0, 0.1) is 0 Å². The fourth-order valence-corrected chi connectivity index (χ4v) is 2.04. The van der Waals surface area contributed by atoms with Crippen molar-refractivity contribution in [2.24, 2.45) is 4.99 Å². The number of halogens is 1. The van der Waals surface area contributed by atoms with Crippen LogP contribution in [-0.2, 0) is 6.54 Å². The highest BCUT2D eigenvalue weighted by Crippen LogP contribution is 2.07. The van der Waals surface area contributed by atoms with Gasteiger partial charge in [-0.1, -0.05) is 30.3 Å². The van der Waals surface area contributed by atoms with Crippen molar-refractivity contribution >= 4 is 29.9 Å². The van der Waals surface area contributed by atoms with Crippen LogP contribution in [0.5, 0.6) is 0 Å². The van der Waals surface area contributed by atoms with Gasteiger partial charge in [-0.25, -0.2) is 0 Å². The summed E-state index contributed by atoms with van der Waals surface area (Å²) in [6, 6.07) is 11.1. The molecule has 0 radical (unpaired) electrons. The molecule has 1 atom stereocenters. The van der Waals surface area contributed by atoms with E-state index in [0.717, 1.165) is 32.0 Å². The average molecular weight is 404 g/mol. The molecule has 0 aliphatic carbocycles. The largest absolute Gasteiger partial charge is 0.357 e. The molecule has 0 heterocycles. The topological polar surface area (TPSA) is 39.7 Å². The first-order valence-electron chi connectivity index (χ1n) is 7.36. The molecule has 4 nitrogen and oxygen atoms in total. The second kappa shape index (κ2) is 11.8. The van der Waals surface area contributed by atoms with Gasteiger partial charge in [0.25, 0.3) is 0 Å². The Morgan fingerprint density at radius 3 is 2.48 bits per heavy atom. The molecule has 0 fully saturated rings. The molecule has 120 valence electrons. The molecule has 2 N–H and O–H groups in total. The first-order valence-corrected chi connectivity index (χ1v) is 7.36. The molecule has 0 saturated heterocycles. The number of rotatable bonds is 7. The van der Waals surface area contributed by atoms with Gasteiger partial charge in [0.15, 0.2) is 5.96 Å². The lowest BCUT2D eigenvalue weighted by molar-refractivity contribution is 0.238. The summed E-state index contributed by atoms with van der Waals surface area (Å²) >= 11 is 0. The lowest BCUT2D eigenvalue weighted by Crippen LogP contribution is -2.39. The van der Waals surface area contributed by atoms with Crippen molar-refractivity contribution in [3.63, 3.8) is 0 Å².